The maximum absolute atomic E-state index is 12.7. The molecule has 1 heterocycles. The number of nitrogens with zero attached hydrogens (tertiary/aromatic N) is 3. The highest BCUT2D eigenvalue weighted by atomic mass is 32.2. The lowest BCUT2D eigenvalue weighted by molar-refractivity contribution is 0.303. The molecule has 6 heteroatoms. The Hall–Kier alpha value is -1.11. The van der Waals surface area contributed by atoms with Crippen LogP contribution in [0.25, 0.3) is 0 Å². The summed E-state index contributed by atoms with van der Waals surface area (Å²) in [6.45, 7) is 4.13. The van der Waals surface area contributed by atoms with Crippen molar-refractivity contribution in [1.29, 1.82) is 0 Å². The van der Waals surface area contributed by atoms with Crippen LogP contribution in [0.5, 0.6) is 0 Å². The van der Waals surface area contributed by atoms with Crippen molar-refractivity contribution in [3.05, 3.63) is 29.8 Å². The molecule has 0 bridgehead atoms. The molecule has 1 fully saturated rings. The Morgan fingerprint density at radius 1 is 1.05 bits per heavy atom. The molecule has 22 heavy (non-hydrogen) atoms. The molecule has 2 rings (SSSR count). The number of piperidine rings is 1. The predicted octanol–water partition coefficient (Wildman–Crippen LogP) is 2.31. The highest BCUT2D eigenvalue weighted by Gasteiger charge is 2.29. The molecule has 1 saturated heterocycles. The van der Waals surface area contributed by atoms with Crippen LogP contribution in [0.3, 0.4) is 0 Å². The van der Waals surface area contributed by atoms with Crippen molar-refractivity contribution in [2.45, 2.75) is 32.7 Å². The summed E-state index contributed by atoms with van der Waals surface area (Å²) >= 11 is 0. The summed E-state index contributed by atoms with van der Waals surface area (Å²) in [5, 5.41) is 0. The third-order valence-corrected chi connectivity index (χ3v) is 6.19. The van der Waals surface area contributed by atoms with E-state index in [1.165, 1.54) is 0 Å². The average molecular weight is 325 g/mol. The summed E-state index contributed by atoms with van der Waals surface area (Å²) in [7, 11) is 0.646. The van der Waals surface area contributed by atoms with Gasteiger partial charge in [-0.25, -0.2) is 0 Å². The van der Waals surface area contributed by atoms with E-state index in [1.54, 1.807) is 8.61 Å². The third kappa shape index (κ3) is 4.00. The summed E-state index contributed by atoms with van der Waals surface area (Å²) < 4.78 is 28.7. The van der Waals surface area contributed by atoms with E-state index < -0.39 is 10.2 Å². The Bertz CT molecular complexity index is 564. The smallest absolute Gasteiger partial charge is 0.282 e. The molecule has 124 valence electrons. The number of rotatable bonds is 6. The molecule has 0 spiro atoms. The molecule has 1 aromatic carbocycles. The molecule has 0 amide bonds. The number of benzene rings is 1. The molecular formula is C16H27N3O2S. The molecule has 0 saturated carbocycles. The van der Waals surface area contributed by atoms with Crippen molar-refractivity contribution in [2.24, 2.45) is 0 Å². The van der Waals surface area contributed by atoms with Gasteiger partial charge in [-0.1, -0.05) is 25.5 Å². The minimum absolute atomic E-state index is 0.434. The first-order valence-corrected chi connectivity index (χ1v) is 9.36. The highest BCUT2D eigenvalue weighted by molar-refractivity contribution is 7.86. The van der Waals surface area contributed by atoms with Gasteiger partial charge in [-0.05, 0) is 30.5 Å². The van der Waals surface area contributed by atoms with E-state index in [2.05, 4.69) is 0 Å². The van der Waals surface area contributed by atoms with Gasteiger partial charge < -0.3 is 4.90 Å². The van der Waals surface area contributed by atoms with Gasteiger partial charge in [0.05, 0.1) is 0 Å². The van der Waals surface area contributed by atoms with Gasteiger partial charge in [-0.3, -0.25) is 0 Å². The second-order valence-electron chi connectivity index (χ2n) is 5.95. The fraction of sp³-hybridized carbons (Fsp3) is 0.625. The fourth-order valence-corrected chi connectivity index (χ4v) is 4.40. The van der Waals surface area contributed by atoms with Gasteiger partial charge in [-0.2, -0.15) is 17.0 Å². The van der Waals surface area contributed by atoms with E-state index >= 15 is 0 Å². The number of anilines is 1. The lowest BCUT2D eigenvalue weighted by atomic mass is 10.2. The Labute approximate surface area is 134 Å². The summed E-state index contributed by atoms with van der Waals surface area (Å²) in [6.07, 6.45) is 3.06. The zero-order chi connectivity index (χ0) is 16.2. The van der Waals surface area contributed by atoms with Crippen LogP contribution in [0, 0.1) is 0 Å². The van der Waals surface area contributed by atoms with Gasteiger partial charge >= 0.3 is 0 Å². The zero-order valence-electron chi connectivity index (χ0n) is 13.8. The van der Waals surface area contributed by atoms with Crippen LogP contribution in [0.4, 0.5) is 5.69 Å². The van der Waals surface area contributed by atoms with E-state index in [9.17, 15) is 8.42 Å². The van der Waals surface area contributed by atoms with Crippen LogP contribution in [-0.4, -0.2) is 50.8 Å². The van der Waals surface area contributed by atoms with Gasteiger partial charge in [0, 0.05) is 46.0 Å². The monoisotopic (exact) mass is 325 g/mol. The first-order chi connectivity index (χ1) is 10.4. The second-order valence-corrected chi connectivity index (χ2v) is 7.88. The van der Waals surface area contributed by atoms with Gasteiger partial charge in [0.1, 0.15) is 0 Å². The van der Waals surface area contributed by atoms with E-state index in [4.69, 9.17) is 0 Å². The van der Waals surface area contributed by atoms with Crippen LogP contribution in [0.1, 0.15) is 31.7 Å². The molecule has 0 unspecified atom stereocenters. The minimum Gasteiger partial charge on any atom is -0.378 e. The Morgan fingerprint density at radius 3 is 2.14 bits per heavy atom. The van der Waals surface area contributed by atoms with Crippen molar-refractivity contribution in [2.75, 3.05) is 38.6 Å². The van der Waals surface area contributed by atoms with Gasteiger partial charge in [0.25, 0.3) is 10.2 Å². The first kappa shape index (κ1) is 17.2. The van der Waals surface area contributed by atoms with Gasteiger partial charge in [0.15, 0.2) is 0 Å². The van der Waals surface area contributed by atoms with Crippen LogP contribution >= 0.6 is 0 Å². The van der Waals surface area contributed by atoms with E-state index in [0.29, 0.717) is 26.2 Å². The maximum atomic E-state index is 12.7. The summed E-state index contributed by atoms with van der Waals surface area (Å²) in [5.74, 6) is 0. The van der Waals surface area contributed by atoms with E-state index in [-0.39, 0.29) is 0 Å². The average Bonchev–Trinajstić information content (AvgIpc) is 2.53. The molecule has 0 aliphatic carbocycles. The summed E-state index contributed by atoms with van der Waals surface area (Å²) in [6, 6.07) is 8.06. The minimum atomic E-state index is -3.34. The number of hydrogen-bond acceptors (Lipinski definition) is 3. The molecule has 0 N–H and O–H groups in total. The van der Waals surface area contributed by atoms with Gasteiger partial charge in [-0.15, -0.1) is 0 Å². The lowest BCUT2D eigenvalue weighted by Gasteiger charge is -2.31. The molecule has 0 atom stereocenters. The lowest BCUT2D eigenvalue weighted by Crippen LogP contribution is -2.45. The second kappa shape index (κ2) is 7.44. The maximum Gasteiger partial charge on any atom is 0.282 e. The summed E-state index contributed by atoms with van der Waals surface area (Å²) in [4.78, 5) is 2.03. The zero-order valence-corrected chi connectivity index (χ0v) is 14.6. The predicted molar refractivity (Wildman–Crippen MR) is 91.2 cm³/mol. The van der Waals surface area contributed by atoms with Crippen molar-refractivity contribution >= 4 is 15.9 Å². The van der Waals surface area contributed by atoms with Crippen LogP contribution < -0.4 is 4.90 Å². The summed E-state index contributed by atoms with van der Waals surface area (Å²) in [5.41, 5.74) is 2.14. The molecule has 1 aliphatic heterocycles. The first-order valence-electron chi connectivity index (χ1n) is 7.96. The SMILES string of the molecule is CCN(Cc1ccc(N(C)C)cc1)S(=O)(=O)N1CCCCC1. The standard InChI is InChI=1S/C16H27N3O2S/c1-4-18(22(20,21)19-12-6-5-7-13-19)14-15-8-10-16(11-9-15)17(2)3/h8-11H,4-7,12-14H2,1-3H3. The fourth-order valence-electron chi connectivity index (χ4n) is 2.72. The normalized spacial score (nSPS) is 16.9. The number of hydrogen-bond donors (Lipinski definition) is 0. The van der Waals surface area contributed by atoms with Crippen molar-refractivity contribution in [3.8, 4) is 0 Å². The van der Waals surface area contributed by atoms with Crippen LogP contribution in [0.2, 0.25) is 0 Å². The molecule has 5 nitrogen and oxygen atoms in total. The van der Waals surface area contributed by atoms with Crippen LogP contribution in [0.15, 0.2) is 24.3 Å². The van der Waals surface area contributed by atoms with Crippen molar-refractivity contribution in [3.63, 3.8) is 0 Å². The van der Waals surface area contributed by atoms with E-state index in [0.717, 1.165) is 30.5 Å². The largest absolute Gasteiger partial charge is 0.378 e. The molecular weight excluding hydrogens is 298 g/mol. The van der Waals surface area contributed by atoms with Crippen LogP contribution in [-0.2, 0) is 16.8 Å². The Kier molecular flexibility index (Phi) is 5.83. The molecule has 1 aromatic rings. The quantitative estimate of drug-likeness (QED) is 0.806. The van der Waals surface area contributed by atoms with Crippen molar-refractivity contribution in [1.82, 2.24) is 8.61 Å². The highest BCUT2D eigenvalue weighted by Crippen LogP contribution is 2.19. The molecule has 0 radical (unpaired) electrons. The van der Waals surface area contributed by atoms with Gasteiger partial charge in [0.2, 0.25) is 0 Å². The molecule has 1 aliphatic rings. The Morgan fingerprint density at radius 2 is 1.64 bits per heavy atom. The Balaban J connectivity index is 2.10. The molecule has 0 aromatic heterocycles. The topological polar surface area (TPSA) is 43.9 Å². The van der Waals surface area contributed by atoms with Crippen molar-refractivity contribution < 1.29 is 8.42 Å². The third-order valence-electron chi connectivity index (χ3n) is 4.13. The van der Waals surface area contributed by atoms with E-state index in [1.807, 2.05) is 50.2 Å².